The molecular weight excluding hydrogens is 401 g/mol. The van der Waals surface area contributed by atoms with Crippen LogP contribution < -0.4 is 5.32 Å². The Morgan fingerprint density at radius 1 is 1.25 bits per heavy atom. The van der Waals surface area contributed by atoms with Crippen LogP contribution in [0.15, 0.2) is 24.3 Å². The lowest BCUT2D eigenvalue weighted by molar-refractivity contribution is -0.170. The first-order valence-corrected chi connectivity index (χ1v) is 9.00. The van der Waals surface area contributed by atoms with Crippen LogP contribution >= 0.6 is 11.6 Å². The van der Waals surface area contributed by atoms with E-state index in [9.17, 15) is 27.6 Å². The van der Waals surface area contributed by atoms with Crippen molar-refractivity contribution >= 4 is 29.4 Å². The maximum absolute atomic E-state index is 12.7. The molecule has 28 heavy (non-hydrogen) atoms. The second kappa shape index (κ2) is 9.27. The van der Waals surface area contributed by atoms with E-state index in [-0.39, 0.29) is 11.5 Å². The van der Waals surface area contributed by atoms with Crippen molar-refractivity contribution in [2.45, 2.75) is 32.0 Å². The maximum Gasteiger partial charge on any atom is 0.406 e. The minimum Gasteiger partial charge on any atom is -0.454 e. The summed E-state index contributed by atoms with van der Waals surface area (Å²) in [6, 6.07) is 5.34. The van der Waals surface area contributed by atoms with Crippen LogP contribution in [-0.4, -0.2) is 54.6 Å². The van der Waals surface area contributed by atoms with Gasteiger partial charge >= 0.3 is 12.1 Å². The molecule has 2 amide bonds. The Balaban J connectivity index is 1.81. The molecule has 0 spiro atoms. The molecule has 0 aromatic heterocycles. The Morgan fingerprint density at radius 3 is 2.39 bits per heavy atom. The highest BCUT2D eigenvalue weighted by atomic mass is 35.5. The second-order valence-corrected chi connectivity index (χ2v) is 7.00. The van der Waals surface area contributed by atoms with Gasteiger partial charge in [-0.25, -0.2) is 0 Å². The third-order valence-electron chi connectivity index (χ3n) is 4.32. The third-order valence-corrected chi connectivity index (χ3v) is 4.57. The predicted molar refractivity (Wildman–Crippen MR) is 94.7 cm³/mol. The van der Waals surface area contributed by atoms with Crippen LogP contribution in [0.1, 0.15) is 30.1 Å². The van der Waals surface area contributed by atoms with Crippen molar-refractivity contribution in [3.05, 3.63) is 34.9 Å². The maximum atomic E-state index is 12.7. The molecule has 6 nitrogen and oxygen atoms in total. The fraction of sp³-hybridized carbons (Fsp3) is 0.500. The number of hydrogen-bond acceptors (Lipinski definition) is 4. The fourth-order valence-electron chi connectivity index (χ4n) is 2.62. The number of halogens is 4. The number of nitrogens with one attached hydrogen (secondary N) is 1. The number of carbonyl (C=O) groups excluding carboxylic acids is 3. The summed E-state index contributed by atoms with van der Waals surface area (Å²) in [6.45, 7) is -1.18. The molecule has 0 aliphatic heterocycles. The number of benzene rings is 1. The van der Waals surface area contributed by atoms with Crippen LogP contribution in [0.3, 0.4) is 0 Å². The average Bonchev–Trinajstić information content (AvgIpc) is 3.46. The van der Waals surface area contributed by atoms with E-state index >= 15 is 0 Å². The highest BCUT2D eigenvalue weighted by Crippen LogP contribution is 2.36. The van der Waals surface area contributed by atoms with Gasteiger partial charge < -0.3 is 15.0 Å². The molecule has 0 bridgehead atoms. The molecule has 1 aromatic rings. The summed E-state index contributed by atoms with van der Waals surface area (Å²) in [5.74, 6) is -2.38. The predicted octanol–water partition coefficient (Wildman–Crippen LogP) is 2.80. The standard InChI is InChI=1S/C18H20ClF3N2O4/c1-11(12-2-3-12)24(10-18(20,21)22)15(25)9-28-16(26)8-23-17(27)13-4-6-14(19)7-5-13/h4-7,11-12H,2-3,8-10H2,1H3,(H,23,27)/t11-/m0/s1. The lowest BCUT2D eigenvalue weighted by atomic mass is 10.2. The summed E-state index contributed by atoms with van der Waals surface area (Å²) in [4.78, 5) is 36.4. The Labute approximate surface area is 165 Å². The van der Waals surface area contributed by atoms with Crippen molar-refractivity contribution in [3.63, 3.8) is 0 Å². The molecule has 1 aliphatic carbocycles. The van der Waals surface area contributed by atoms with Gasteiger partial charge in [-0.05, 0) is 49.9 Å². The molecule has 1 N–H and O–H groups in total. The quantitative estimate of drug-likeness (QED) is 0.656. The van der Waals surface area contributed by atoms with E-state index in [1.165, 1.54) is 24.3 Å². The molecule has 1 saturated carbocycles. The number of nitrogens with zero attached hydrogens (tertiary/aromatic N) is 1. The van der Waals surface area contributed by atoms with Gasteiger partial charge in [0.2, 0.25) is 0 Å². The molecule has 0 heterocycles. The first-order valence-electron chi connectivity index (χ1n) is 8.62. The molecular formula is C18H20ClF3N2O4. The SMILES string of the molecule is C[C@@H](C1CC1)N(CC(F)(F)F)C(=O)COC(=O)CNC(=O)c1ccc(Cl)cc1. The number of rotatable bonds is 8. The van der Waals surface area contributed by atoms with Crippen LogP contribution in [0, 0.1) is 5.92 Å². The van der Waals surface area contributed by atoms with E-state index in [1.54, 1.807) is 6.92 Å². The number of carbonyl (C=O) groups is 3. The summed E-state index contributed by atoms with van der Waals surface area (Å²) < 4.78 is 43.0. The van der Waals surface area contributed by atoms with Crippen LogP contribution in [0.4, 0.5) is 13.2 Å². The summed E-state index contributed by atoms with van der Waals surface area (Å²) in [5, 5.41) is 2.74. The topological polar surface area (TPSA) is 75.7 Å². The van der Waals surface area contributed by atoms with E-state index in [4.69, 9.17) is 16.3 Å². The first kappa shape index (κ1) is 22.0. The highest BCUT2D eigenvalue weighted by molar-refractivity contribution is 6.30. The zero-order chi connectivity index (χ0) is 20.9. The van der Waals surface area contributed by atoms with Gasteiger partial charge in [0.1, 0.15) is 13.1 Å². The highest BCUT2D eigenvalue weighted by Gasteiger charge is 2.40. The molecule has 0 radical (unpaired) electrons. The molecule has 0 unspecified atom stereocenters. The van der Waals surface area contributed by atoms with E-state index in [0.29, 0.717) is 9.92 Å². The van der Waals surface area contributed by atoms with Crippen molar-refractivity contribution in [2.24, 2.45) is 5.92 Å². The number of amides is 2. The van der Waals surface area contributed by atoms with Gasteiger partial charge in [-0.2, -0.15) is 13.2 Å². The lowest BCUT2D eigenvalue weighted by Gasteiger charge is -2.30. The number of alkyl halides is 3. The van der Waals surface area contributed by atoms with Gasteiger partial charge in [0, 0.05) is 16.6 Å². The Kier molecular flexibility index (Phi) is 7.29. The van der Waals surface area contributed by atoms with Gasteiger partial charge in [-0.15, -0.1) is 0 Å². The van der Waals surface area contributed by atoms with Crippen molar-refractivity contribution in [1.29, 1.82) is 0 Å². The average molecular weight is 421 g/mol. The summed E-state index contributed by atoms with van der Waals surface area (Å²) in [7, 11) is 0. The van der Waals surface area contributed by atoms with Gasteiger partial charge in [0.25, 0.3) is 11.8 Å². The van der Waals surface area contributed by atoms with Gasteiger partial charge in [0.15, 0.2) is 6.61 Å². The first-order chi connectivity index (χ1) is 13.1. The third kappa shape index (κ3) is 7.03. The minimum absolute atomic E-state index is 0.0284. The Bertz CT molecular complexity index is 721. The van der Waals surface area contributed by atoms with Crippen LogP contribution in [0.2, 0.25) is 5.02 Å². The molecule has 154 valence electrons. The van der Waals surface area contributed by atoms with Crippen molar-refractivity contribution in [1.82, 2.24) is 10.2 Å². The molecule has 10 heteroatoms. The van der Waals surface area contributed by atoms with E-state index < -0.39 is 49.7 Å². The summed E-state index contributed by atoms with van der Waals surface area (Å²) in [6.07, 6.45) is -3.02. The smallest absolute Gasteiger partial charge is 0.406 e. The Hall–Kier alpha value is -2.29. The fourth-order valence-corrected chi connectivity index (χ4v) is 2.74. The second-order valence-electron chi connectivity index (χ2n) is 6.57. The lowest BCUT2D eigenvalue weighted by Crippen LogP contribution is -2.47. The normalized spacial score (nSPS) is 14.9. The monoisotopic (exact) mass is 420 g/mol. The largest absolute Gasteiger partial charge is 0.454 e. The molecule has 1 atom stereocenters. The van der Waals surface area contributed by atoms with Crippen LogP contribution in [-0.2, 0) is 14.3 Å². The molecule has 0 saturated heterocycles. The Morgan fingerprint density at radius 2 is 1.86 bits per heavy atom. The van der Waals surface area contributed by atoms with Gasteiger partial charge in [-0.3, -0.25) is 14.4 Å². The number of ether oxygens (including phenoxy) is 1. The van der Waals surface area contributed by atoms with Crippen molar-refractivity contribution < 1.29 is 32.3 Å². The van der Waals surface area contributed by atoms with Gasteiger partial charge in [0.05, 0.1) is 0 Å². The summed E-state index contributed by atoms with van der Waals surface area (Å²) >= 11 is 5.71. The van der Waals surface area contributed by atoms with Crippen LogP contribution in [0.5, 0.6) is 0 Å². The number of esters is 1. The van der Waals surface area contributed by atoms with E-state index in [1.807, 2.05) is 0 Å². The zero-order valence-electron chi connectivity index (χ0n) is 15.1. The molecule has 2 rings (SSSR count). The van der Waals surface area contributed by atoms with E-state index in [2.05, 4.69) is 5.32 Å². The molecule has 1 fully saturated rings. The minimum atomic E-state index is -4.55. The van der Waals surface area contributed by atoms with Crippen molar-refractivity contribution in [3.8, 4) is 0 Å². The van der Waals surface area contributed by atoms with Gasteiger partial charge in [-0.1, -0.05) is 11.6 Å². The van der Waals surface area contributed by atoms with Crippen molar-refractivity contribution in [2.75, 3.05) is 19.7 Å². The summed E-state index contributed by atoms with van der Waals surface area (Å²) in [5.41, 5.74) is 0.267. The van der Waals surface area contributed by atoms with E-state index in [0.717, 1.165) is 12.8 Å². The zero-order valence-corrected chi connectivity index (χ0v) is 15.8. The number of hydrogen-bond donors (Lipinski definition) is 1. The van der Waals surface area contributed by atoms with Crippen LogP contribution in [0.25, 0.3) is 0 Å². The molecule has 1 aliphatic rings. The molecule has 1 aromatic carbocycles.